The van der Waals surface area contributed by atoms with Crippen molar-refractivity contribution in [3.05, 3.63) is 17.5 Å². The molecular weight excluding hydrogens is 346 g/mol. The summed E-state index contributed by atoms with van der Waals surface area (Å²) in [5, 5.41) is 19.0. The van der Waals surface area contributed by atoms with Crippen molar-refractivity contribution < 1.29 is 23.5 Å². The molecule has 1 aromatic rings. The molecule has 0 aromatic carbocycles. The third-order valence-electron chi connectivity index (χ3n) is 5.54. The first kappa shape index (κ1) is 18.8. The Bertz CT molecular complexity index is 687. The summed E-state index contributed by atoms with van der Waals surface area (Å²) < 4.78 is 28.5. The maximum Gasteiger partial charge on any atom is 0.354 e. The molecule has 0 radical (unpaired) electrons. The number of β-amino-alcohol motifs (C(OH)–C–C–N with tert-alkyl or cyclic N) is 1. The first-order valence-electron chi connectivity index (χ1n) is 8.95. The molecule has 2 amide bonds. The maximum absolute atomic E-state index is 14.2. The number of hydrogen-bond donors (Lipinski definition) is 3. The fourth-order valence-corrected chi connectivity index (χ4v) is 3.93. The number of amides is 2. The molecule has 0 spiro atoms. The van der Waals surface area contributed by atoms with Crippen molar-refractivity contribution in [3.63, 3.8) is 0 Å². The average molecular weight is 370 g/mol. The summed E-state index contributed by atoms with van der Waals surface area (Å²) in [7, 11) is 1.08. The van der Waals surface area contributed by atoms with Gasteiger partial charge in [0, 0.05) is 25.9 Å². The van der Waals surface area contributed by atoms with E-state index in [4.69, 9.17) is 0 Å². The van der Waals surface area contributed by atoms with Crippen molar-refractivity contribution in [1.82, 2.24) is 20.4 Å². The Morgan fingerprint density at radius 3 is 2.73 bits per heavy atom. The highest BCUT2D eigenvalue weighted by Crippen LogP contribution is 2.38. The second-order valence-electron chi connectivity index (χ2n) is 7.19. The Morgan fingerprint density at radius 1 is 1.38 bits per heavy atom. The molecule has 1 atom stereocenters. The molecule has 3 rings (SSSR count). The fraction of sp³-hybridized carbons (Fsp3) is 0.706. The van der Waals surface area contributed by atoms with E-state index < -0.39 is 29.9 Å². The van der Waals surface area contributed by atoms with Crippen LogP contribution in [0.1, 0.15) is 60.5 Å². The van der Waals surface area contributed by atoms with Crippen molar-refractivity contribution in [2.24, 2.45) is 0 Å². The molecule has 1 saturated heterocycles. The number of H-pyrrole nitrogens is 1. The van der Waals surface area contributed by atoms with E-state index in [0.29, 0.717) is 5.56 Å². The van der Waals surface area contributed by atoms with E-state index in [2.05, 4.69) is 10.2 Å². The lowest BCUT2D eigenvalue weighted by Crippen LogP contribution is -2.58. The van der Waals surface area contributed by atoms with E-state index in [-0.39, 0.29) is 18.9 Å². The summed E-state index contributed by atoms with van der Waals surface area (Å²) in [6.45, 7) is -0.640. The first-order valence-corrected chi connectivity index (χ1v) is 8.95. The molecule has 1 saturated carbocycles. The van der Waals surface area contributed by atoms with Crippen LogP contribution in [0, 0.1) is 0 Å². The summed E-state index contributed by atoms with van der Waals surface area (Å²) in [6.07, 6.45) is 6.30. The van der Waals surface area contributed by atoms with Crippen LogP contribution >= 0.6 is 0 Å². The second-order valence-corrected chi connectivity index (χ2v) is 7.19. The minimum atomic E-state index is -3.97. The van der Waals surface area contributed by atoms with Crippen molar-refractivity contribution in [1.29, 1.82) is 0 Å². The van der Waals surface area contributed by atoms with Gasteiger partial charge in [-0.05, 0) is 12.8 Å². The van der Waals surface area contributed by atoms with Crippen LogP contribution < -0.4 is 5.32 Å². The van der Waals surface area contributed by atoms with E-state index in [0.717, 1.165) is 38.4 Å². The molecule has 1 unspecified atom stereocenters. The Balaban J connectivity index is 1.76. The number of likely N-dealkylation sites (tertiary alicyclic amines) is 1. The van der Waals surface area contributed by atoms with Gasteiger partial charge in [-0.2, -0.15) is 13.9 Å². The zero-order valence-corrected chi connectivity index (χ0v) is 14.7. The van der Waals surface area contributed by atoms with Crippen LogP contribution in [0.15, 0.2) is 6.20 Å². The topological polar surface area (TPSA) is 98.3 Å². The molecule has 9 heteroatoms. The summed E-state index contributed by atoms with van der Waals surface area (Å²) >= 11 is 0. The predicted molar refractivity (Wildman–Crippen MR) is 88.9 cm³/mol. The molecule has 1 aliphatic carbocycles. The number of aliphatic hydroxyl groups is 1. The first-order chi connectivity index (χ1) is 12.3. The monoisotopic (exact) mass is 370 g/mol. The number of aromatic amines is 1. The highest BCUT2D eigenvalue weighted by molar-refractivity contribution is 5.95. The quantitative estimate of drug-likeness (QED) is 0.746. The van der Waals surface area contributed by atoms with Gasteiger partial charge in [-0.1, -0.05) is 19.3 Å². The number of alkyl halides is 2. The van der Waals surface area contributed by atoms with Gasteiger partial charge < -0.3 is 15.3 Å². The average Bonchev–Trinajstić information content (AvgIpc) is 3.29. The lowest BCUT2D eigenvalue weighted by Gasteiger charge is -2.30. The van der Waals surface area contributed by atoms with Gasteiger partial charge in [-0.25, -0.2) is 0 Å². The number of aromatic nitrogens is 2. The van der Waals surface area contributed by atoms with Crippen LogP contribution in [0.4, 0.5) is 8.78 Å². The number of nitrogens with one attached hydrogen (secondary N) is 2. The van der Waals surface area contributed by atoms with Gasteiger partial charge in [-0.15, -0.1) is 0 Å². The lowest BCUT2D eigenvalue weighted by molar-refractivity contribution is -0.187. The van der Waals surface area contributed by atoms with Crippen molar-refractivity contribution in [3.8, 4) is 0 Å². The smallest absolute Gasteiger partial charge is 0.354 e. The highest BCUT2D eigenvalue weighted by atomic mass is 19.3. The van der Waals surface area contributed by atoms with Crippen LogP contribution in [-0.2, 0) is 4.79 Å². The molecule has 2 aliphatic rings. The van der Waals surface area contributed by atoms with Gasteiger partial charge in [0.05, 0.1) is 24.0 Å². The molecular formula is C17H24F2N4O3. The Morgan fingerprint density at radius 2 is 2.08 bits per heavy atom. The van der Waals surface area contributed by atoms with Gasteiger partial charge in [0.25, 0.3) is 11.8 Å². The van der Waals surface area contributed by atoms with E-state index in [1.54, 1.807) is 0 Å². The Hall–Kier alpha value is -2.03. The normalized spacial score (nSPS) is 24.7. The van der Waals surface area contributed by atoms with Crippen molar-refractivity contribution in [2.75, 3.05) is 20.1 Å². The second kappa shape index (κ2) is 6.94. The standard InChI is InChI=1S/C17H24F2N4O3/c1-20-15(25)17(18,19)16(26)7-8-23(10-16)14(24)12-9-21-22-13(12)11-5-3-2-4-6-11/h9,11,26H,2-8,10H2,1H3,(H,20,25)(H,21,22). The third-order valence-corrected chi connectivity index (χ3v) is 5.54. The minimum absolute atomic E-state index is 0.0444. The predicted octanol–water partition coefficient (Wildman–Crippen LogP) is 1.42. The van der Waals surface area contributed by atoms with E-state index in [1.165, 1.54) is 17.5 Å². The van der Waals surface area contributed by atoms with E-state index in [1.807, 2.05) is 5.32 Å². The molecule has 3 N–H and O–H groups in total. The summed E-state index contributed by atoms with van der Waals surface area (Å²) in [6, 6.07) is 0. The van der Waals surface area contributed by atoms with Gasteiger partial charge in [0.15, 0.2) is 5.60 Å². The molecule has 1 aromatic heterocycles. The zero-order valence-electron chi connectivity index (χ0n) is 14.7. The lowest BCUT2D eigenvalue weighted by atomic mass is 9.85. The summed E-state index contributed by atoms with van der Waals surface area (Å²) in [4.78, 5) is 25.5. The SMILES string of the molecule is CNC(=O)C(F)(F)C1(O)CCN(C(=O)c2cn[nH]c2C2CCCCC2)C1. The van der Waals surface area contributed by atoms with Crippen LogP contribution in [0.2, 0.25) is 0 Å². The molecule has 26 heavy (non-hydrogen) atoms. The summed E-state index contributed by atoms with van der Waals surface area (Å²) in [5.41, 5.74) is -1.47. The fourth-order valence-electron chi connectivity index (χ4n) is 3.93. The van der Waals surface area contributed by atoms with Crippen molar-refractivity contribution >= 4 is 11.8 Å². The van der Waals surface area contributed by atoms with Gasteiger partial charge in [0.1, 0.15) is 0 Å². The van der Waals surface area contributed by atoms with Crippen LogP contribution in [0.5, 0.6) is 0 Å². The number of rotatable bonds is 4. The van der Waals surface area contributed by atoms with Gasteiger partial charge >= 0.3 is 5.92 Å². The summed E-state index contributed by atoms with van der Waals surface area (Å²) in [5.74, 6) is -5.76. The Kier molecular flexibility index (Phi) is 5.01. The number of halogens is 2. The number of carbonyl (C=O) groups is 2. The Labute approximate surface area is 150 Å². The molecule has 144 valence electrons. The van der Waals surface area contributed by atoms with E-state index in [9.17, 15) is 23.5 Å². The molecule has 2 heterocycles. The largest absolute Gasteiger partial charge is 0.381 e. The molecule has 7 nitrogen and oxygen atoms in total. The number of nitrogens with zero attached hydrogens (tertiary/aromatic N) is 2. The third kappa shape index (κ3) is 3.08. The van der Waals surface area contributed by atoms with Crippen LogP contribution in [0.3, 0.4) is 0 Å². The van der Waals surface area contributed by atoms with Crippen LogP contribution in [0.25, 0.3) is 0 Å². The number of hydrogen-bond acceptors (Lipinski definition) is 4. The molecule has 2 fully saturated rings. The van der Waals surface area contributed by atoms with Gasteiger partial charge in [-0.3, -0.25) is 14.7 Å². The van der Waals surface area contributed by atoms with Crippen molar-refractivity contribution in [2.45, 2.75) is 56.0 Å². The molecule has 0 bridgehead atoms. The maximum atomic E-state index is 14.2. The van der Waals surface area contributed by atoms with E-state index >= 15 is 0 Å². The molecule has 1 aliphatic heterocycles. The van der Waals surface area contributed by atoms with Crippen LogP contribution in [-0.4, -0.2) is 63.7 Å². The minimum Gasteiger partial charge on any atom is -0.381 e. The van der Waals surface area contributed by atoms with Gasteiger partial charge in [0.2, 0.25) is 0 Å². The number of carbonyl (C=O) groups excluding carboxylic acids is 2. The highest BCUT2D eigenvalue weighted by Gasteiger charge is 2.61. The zero-order chi connectivity index (χ0) is 18.9.